The highest BCUT2D eigenvalue weighted by atomic mass is 16.5. The van der Waals surface area contributed by atoms with Gasteiger partial charge in [0.1, 0.15) is 18.1 Å². The first-order valence-electron chi connectivity index (χ1n) is 11.6. The van der Waals surface area contributed by atoms with E-state index in [0.29, 0.717) is 18.4 Å². The highest BCUT2D eigenvalue weighted by Gasteiger charge is 2.24. The van der Waals surface area contributed by atoms with Gasteiger partial charge in [0.25, 0.3) is 0 Å². The number of nitrogens with zero attached hydrogens (tertiary/aromatic N) is 2. The Hall–Kier alpha value is -3.12. The molecule has 1 aromatic heterocycles. The molecule has 4 rings (SSSR count). The number of rotatable bonds is 9. The van der Waals surface area contributed by atoms with E-state index >= 15 is 0 Å². The summed E-state index contributed by atoms with van der Waals surface area (Å²) in [6, 6.07) is 18.6. The zero-order valence-corrected chi connectivity index (χ0v) is 19.4. The predicted octanol–water partition coefficient (Wildman–Crippen LogP) is 5.44. The highest BCUT2D eigenvalue weighted by Crippen LogP contribution is 2.36. The Morgan fingerprint density at radius 3 is 2.30 bits per heavy atom. The van der Waals surface area contributed by atoms with E-state index in [2.05, 4.69) is 48.0 Å². The van der Waals surface area contributed by atoms with Crippen molar-refractivity contribution < 1.29 is 19.4 Å². The molecule has 1 saturated carbocycles. The number of hydrogen-bond donors (Lipinski definition) is 1. The largest absolute Gasteiger partial charge is 0.497 e. The first-order chi connectivity index (χ1) is 16.0. The lowest BCUT2D eigenvalue weighted by Gasteiger charge is -2.28. The van der Waals surface area contributed by atoms with Crippen molar-refractivity contribution in [2.75, 3.05) is 20.3 Å². The molecule has 0 bridgehead atoms. The van der Waals surface area contributed by atoms with Gasteiger partial charge in [0.05, 0.1) is 13.7 Å². The monoisotopic (exact) mass is 448 g/mol. The minimum atomic E-state index is -0.903. The third-order valence-electron chi connectivity index (χ3n) is 6.61. The van der Waals surface area contributed by atoms with Gasteiger partial charge in [0.15, 0.2) is 0 Å². The summed E-state index contributed by atoms with van der Waals surface area (Å²) in [4.78, 5) is 10.7. The zero-order valence-electron chi connectivity index (χ0n) is 19.4. The summed E-state index contributed by atoms with van der Waals surface area (Å²) in [5.41, 5.74) is 5.61. The molecule has 0 unspecified atom stereocenters. The molecule has 0 aliphatic heterocycles. The van der Waals surface area contributed by atoms with Crippen molar-refractivity contribution in [3.63, 3.8) is 0 Å². The predicted molar refractivity (Wildman–Crippen MR) is 128 cm³/mol. The average Bonchev–Trinajstić information content (AvgIpc) is 3.16. The van der Waals surface area contributed by atoms with E-state index in [0.717, 1.165) is 49.2 Å². The fourth-order valence-corrected chi connectivity index (χ4v) is 4.76. The normalized spacial score (nSPS) is 18.2. The second kappa shape index (κ2) is 10.7. The molecule has 3 aromatic rings. The summed E-state index contributed by atoms with van der Waals surface area (Å²) in [6.07, 6.45) is 4.36. The van der Waals surface area contributed by atoms with Crippen LogP contribution in [0.5, 0.6) is 5.75 Å². The molecule has 6 heteroatoms. The van der Waals surface area contributed by atoms with E-state index in [4.69, 9.17) is 19.7 Å². The van der Waals surface area contributed by atoms with Crippen molar-refractivity contribution in [3.8, 4) is 28.1 Å². The Morgan fingerprint density at radius 2 is 1.67 bits per heavy atom. The number of ether oxygens (including phenoxy) is 2. The fourth-order valence-electron chi connectivity index (χ4n) is 4.76. The molecular weight excluding hydrogens is 416 g/mol. The Bertz CT molecular complexity index is 1050. The number of aliphatic carboxylic acids is 1. The van der Waals surface area contributed by atoms with E-state index in [1.807, 2.05) is 18.2 Å². The molecule has 0 saturated heterocycles. The molecule has 1 aliphatic rings. The third kappa shape index (κ3) is 5.63. The maximum Gasteiger partial charge on any atom is 0.329 e. The van der Waals surface area contributed by atoms with Crippen LogP contribution in [0.2, 0.25) is 0 Å². The van der Waals surface area contributed by atoms with Gasteiger partial charge in [-0.3, -0.25) is 4.68 Å². The van der Waals surface area contributed by atoms with Crippen LogP contribution >= 0.6 is 0 Å². The van der Waals surface area contributed by atoms with Crippen molar-refractivity contribution in [1.82, 2.24) is 9.78 Å². The van der Waals surface area contributed by atoms with Crippen molar-refractivity contribution in [3.05, 3.63) is 60.3 Å². The molecule has 0 atom stereocenters. The fraction of sp³-hybridized carbons (Fsp3) is 0.407. The number of carboxylic acids is 1. The van der Waals surface area contributed by atoms with Gasteiger partial charge in [-0.25, -0.2) is 4.79 Å². The molecule has 1 aliphatic carbocycles. The van der Waals surface area contributed by atoms with Crippen LogP contribution in [0.3, 0.4) is 0 Å². The van der Waals surface area contributed by atoms with Gasteiger partial charge >= 0.3 is 5.97 Å². The molecule has 0 spiro atoms. The van der Waals surface area contributed by atoms with E-state index in [1.54, 1.807) is 7.11 Å². The van der Waals surface area contributed by atoms with Gasteiger partial charge in [-0.2, -0.15) is 5.10 Å². The molecule has 1 heterocycles. The van der Waals surface area contributed by atoms with E-state index in [1.165, 1.54) is 16.8 Å². The van der Waals surface area contributed by atoms with Gasteiger partial charge in [0.2, 0.25) is 0 Å². The van der Waals surface area contributed by atoms with Crippen LogP contribution in [0.25, 0.3) is 22.4 Å². The van der Waals surface area contributed by atoms with Crippen LogP contribution in [-0.4, -0.2) is 41.2 Å². The quantitative estimate of drug-likeness (QED) is 0.472. The molecule has 1 fully saturated rings. The number of hydrogen-bond acceptors (Lipinski definition) is 4. The van der Waals surface area contributed by atoms with Gasteiger partial charge in [-0.05, 0) is 74.3 Å². The van der Waals surface area contributed by atoms with Crippen LogP contribution in [0.4, 0.5) is 0 Å². The Kier molecular flexibility index (Phi) is 7.45. The summed E-state index contributed by atoms with van der Waals surface area (Å²) in [5, 5.41) is 13.8. The first-order valence-corrected chi connectivity index (χ1v) is 11.6. The van der Waals surface area contributed by atoms with Crippen molar-refractivity contribution in [2.45, 2.75) is 39.2 Å². The van der Waals surface area contributed by atoms with Crippen LogP contribution in [0, 0.1) is 18.8 Å². The molecular formula is C27H32N2O4. The van der Waals surface area contributed by atoms with Crippen LogP contribution in [0.1, 0.15) is 31.4 Å². The minimum absolute atomic E-state index is 0.206. The van der Waals surface area contributed by atoms with Gasteiger partial charge < -0.3 is 14.6 Å². The smallest absolute Gasteiger partial charge is 0.329 e. The standard InChI is InChI=1S/C27H32N2O4/c1-19-26(22-6-4-3-5-7-22)27(23-12-14-24(32-2)15-13-23)28-29(19)16-20-8-10-21(11-9-20)17-33-18-25(30)31/h3-7,12-15,20-21H,8-11,16-18H2,1-2H3,(H,30,31)/t20-,21+. The van der Waals surface area contributed by atoms with Crippen molar-refractivity contribution in [1.29, 1.82) is 0 Å². The maximum atomic E-state index is 10.7. The lowest BCUT2D eigenvalue weighted by molar-refractivity contribution is -0.142. The molecule has 0 amide bonds. The van der Waals surface area contributed by atoms with Crippen molar-refractivity contribution in [2.24, 2.45) is 11.8 Å². The summed E-state index contributed by atoms with van der Waals surface area (Å²) < 4.78 is 12.8. The second-order valence-electron chi connectivity index (χ2n) is 8.88. The van der Waals surface area contributed by atoms with Crippen LogP contribution < -0.4 is 4.74 Å². The topological polar surface area (TPSA) is 73.6 Å². The molecule has 1 N–H and O–H groups in total. The Balaban J connectivity index is 1.52. The SMILES string of the molecule is COc1ccc(-c2nn(C[C@H]3CC[C@@H](COCC(=O)O)CC3)c(C)c2-c2ccccc2)cc1. The van der Waals surface area contributed by atoms with Gasteiger partial charge in [0, 0.05) is 23.4 Å². The minimum Gasteiger partial charge on any atom is -0.497 e. The average molecular weight is 449 g/mol. The van der Waals surface area contributed by atoms with E-state index in [9.17, 15) is 4.79 Å². The number of aromatic nitrogens is 2. The second-order valence-corrected chi connectivity index (χ2v) is 8.88. The number of carbonyl (C=O) groups is 1. The summed E-state index contributed by atoms with van der Waals surface area (Å²) in [6.45, 7) is 3.39. The highest BCUT2D eigenvalue weighted by molar-refractivity contribution is 5.82. The Labute approximate surface area is 195 Å². The molecule has 174 valence electrons. The summed E-state index contributed by atoms with van der Waals surface area (Å²) in [5.74, 6) is 0.945. The van der Waals surface area contributed by atoms with E-state index < -0.39 is 5.97 Å². The summed E-state index contributed by atoms with van der Waals surface area (Å²) >= 11 is 0. The molecule has 2 aromatic carbocycles. The van der Waals surface area contributed by atoms with Gasteiger partial charge in [-0.15, -0.1) is 0 Å². The molecule has 33 heavy (non-hydrogen) atoms. The number of benzene rings is 2. The molecule has 0 radical (unpaired) electrons. The van der Waals surface area contributed by atoms with Crippen LogP contribution in [0.15, 0.2) is 54.6 Å². The Morgan fingerprint density at radius 1 is 1.00 bits per heavy atom. The van der Waals surface area contributed by atoms with Crippen LogP contribution in [-0.2, 0) is 16.1 Å². The summed E-state index contributed by atoms with van der Waals surface area (Å²) in [7, 11) is 1.68. The number of carboxylic acid groups (broad SMARTS) is 1. The third-order valence-corrected chi connectivity index (χ3v) is 6.61. The number of methoxy groups -OCH3 is 1. The van der Waals surface area contributed by atoms with Crippen molar-refractivity contribution >= 4 is 5.97 Å². The van der Waals surface area contributed by atoms with Gasteiger partial charge in [-0.1, -0.05) is 30.3 Å². The van der Waals surface area contributed by atoms with E-state index in [-0.39, 0.29) is 6.61 Å². The lowest BCUT2D eigenvalue weighted by Crippen LogP contribution is -2.23. The maximum absolute atomic E-state index is 10.7. The molecule has 6 nitrogen and oxygen atoms in total. The zero-order chi connectivity index (χ0) is 23.2. The lowest BCUT2D eigenvalue weighted by atomic mass is 9.82. The first kappa shape index (κ1) is 23.1.